The van der Waals surface area contributed by atoms with E-state index < -0.39 is 0 Å². The van der Waals surface area contributed by atoms with Crippen molar-refractivity contribution in [1.29, 1.82) is 0 Å². The molecule has 1 unspecified atom stereocenters. The summed E-state index contributed by atoms with van der Waals surface area (Å²) in [6.45, 7) is 3.74. The number of hydrogen-bond donors (Lipinski definition) is 1. The summed E-state index contributed by atoms with van der Waals surface area (Å²) in [5, 5.41) is 3.34. The van der Waals surface area contributed by atoms with Crippen LogP contribution in [0.1, 0.15) is 30.9 Å². The molecule has 88 valence electrons. The average molecular weight is 219 g/mol. The zero-order valence-corrected chi connectivity index (χ0v) is 10.2. The Balaban J connectivity index is 2.65. The first-order chi connectivity index (χ1) is 7.81. The van der Waals surface area contributed by atoms with Crippen LogP contribution in [-0.2, 0) is 0 Å². The van der Waals surface area contributed by atoms with Gasteiger partial charge in [0.15, 0.2) is 0 Å². The van der Waals surface area contributed by atoms with Crippen LogP contribution < -0.4 is 10.1 Å². The Bertz CT molecular complexity index is 322. The van der Waals surface area contributed by atoms with E-state index in [4.69, 9.17) is 4.74 Å². The summed E-state index contributed by atoms with van der Waals surface area (Å²) in [7, 11) is 3.70. The molecule has 0 aliphatic rings. The first-order valence-corrected chi connectivity index (χ1v) is 5.74. The molecule has 0 aromatic heterocycles. The van der Waals surface area contributed by atoms with Crippen LogP contribution in [0.25, 0.3) is 0 Å². The molecule has 1 aromatic rings. The van der Waals surface area contributed by atoms with Crippen molar-refractivity contribution in [2.75, 3.05) is 14.2 Å². The maximum Gasteiger partial charge on any atom is 0.119 e. The Kier molecular flexibility index (Phi) is 5.65. The zero-order chi connectivity index (χ0) is 11.8. The lowest BCUT2D eigenvalue weighted by molar-refractivity contribution is 0.412. The molecule has 0 spiro atoms. The van der Waals surface area contributed by atoms with Crippen molar-refractivity contribution in [3.63, 3.8) is 0 Å². The third-order valence-corrected chi connectivity index (χ3v) is 2.75. The Labute approximate surface area is 98.3 Å². The molecule has 1 aromatic carbocycles. The minimum absolute atomic E-state index is 0.398. The molecule has 2 heteroatoms. The van der Waals surface area contributed by atoms with Crippen LogP contribution in [0.3, 0.4) is 0 Å². The van der Waals surface area contributed by atoms with Crippen LogP contribution in [-0.4, -0.2) is 14.2 Å². The number of rotatable bonds is 7. The molecule has 1 atom stereocenters. The van der Waals surface area contributed by atoms with Crippen molar-refractivity contribution in [3.8, 4) is 5.75 Å². The van der Waals surface area contributed by atoms with E-state index in [1.807, 2.05) is 25.3 Å². The fourth-order valence-corrected chi connectivity index (χ4v) is 1.80. The SMILES string of the molecule is C=CCCCC(NC)c1cccc(OC)c1. The summed E-state index contributed by atoms with van der Waals surface area (Å²) in [6, 6.07) is 8.63. The van der Waals surface area contributed by atoms with Gasteiger partial charge >= 0.3 is 0 Å². The third kappa shape index (κ3) is 3.70. The van der Waals surface area contributed by atoms with Crippen LogP contribution in [0.5, 0.6) is 5.75 Å². The molecule has 0 aliphatic heterocycles. The summed E-state index contributed by atoms with van der Waals surface area (Å²) < 4.78 is 5.23. The molecule has 0 bridgehead atoms. The zero-order valence-electron chi connectivity index (χ0n) is 10.2. The molecule has 0 heterocycles. The maximum absolute atomic E-state index is 5.23. The van der Waals surface area contributed by atoms with Crippen molar-refractivity contribution in [3.05, 3.63) is 42.5 Å². The minimum atomic E-state index is 0.398. The number of hydrogen-bond acceptors (Lipinski definition) is 2. The molecule has 0 radical (unpaired) electrons. The lowest BCUT2D eigenvalue weighted by Crippen LogP contribution is -2.16. The van der Waals surface area contributed by atoms with Gasteiger partial charge in [-0.15, -0.1) is 6.58 Å². The number of methoxy groups -OCH3 is 1. The van der Waals surface area contributed by atoms with E-state index in [0.717, 1.165) is 25.0 Å². The molecule has 0 saturated carbocycles. The van der Waals surface area contributed by atoms with Crippen molar-refractivity contribution in [1.82, 2.24) is 5.32 Å². The van der Waals surface area contributed by atoms with E-state index in [0.29, 0.717) is 6.04 Å². The number of nitrogens with one attached hydrogen (secondary N) is 1. The second kappa shape index (κ2) is 7.07. The molecule has 0 amide bonds. The lowest BCUT2D eigenvalue weighted by Gasteiger charge is -2.16. The van der Waals surface area contributed by atoms with Gasteiger partial charge in [-0.1, -0.05) is 18.2 Å². The van der Waals surface area contributed by atoms with Gasteiger partial charge in [0.05, 0.1) is 7.11 Å². The van der Waals surface area contributed by atoms with Gasteiger partial charge in [-0.25, -0.2) is 0 Å². The first kappa shape index (κ1) is 12.8. The predicted molar refractivity (Wildman–Crippen MR) is 68.8 cm³/mol. The number of ether oxygens (including phenoxy) is 1. The highest BCUT2D eigenvalue weighted by atomic mass is 16.5. The average Bonchev–Trinajstić information content (AvgIpc) is 2.35. The number of unbranched alkanes of at least 4 members (excludes halogenated alkanes) is 1. The molecule has 1 rings (SSSR count). The summed E-state index contributed by atoms with van der Waals surface area (Å²) in [5.41, 5.74) is 1.28. The van der Waals surface area contributed by atoms with Crippen LogP contribution in [0, 0.1) is 0 Å². The van der Waals surface area contributed by atoms with Crippen LogP contribution in [0.4, 0.5) is 0 Å². The number of allylic oxidation sites excluding steroid dienone is 1. The fourth-order valence-electron chi connectivity index (χ4n) is 1.80. The molecule has 0 aliphatic carbocycles. The van der Waals surface area contributed by atoms with E-state index in [-0.39, 0.29) is 0 Å². The van der Waals surface area contributed by atoms with Crippen molar-refractivity contribution >= 4 is 0 Å². The van der Waals surface area contributed by atoms with E-state index in [1.165, 1.54) is 5.56 Å². The Morgan fingerprint density at radius 1 is 1.50 bits per heavy atom. The lowest BCUT2D eigenvalue weighted by atomic mass is 10.0. The van der Waals surface area contributed by atoms with Crippen LogP contribution in [0.2, 0.25) is 0 Å². The molecule has 0 fully saturated rings. The summed E-state index contributed by atoms with van der Waals surface area (Å²) >= 11 is 0. The van der Waals surface area contributed by atoms with E-state index in [1.54, 1.807) is 7.11 Å². The Hall–Kier alpha value is -1.28. The van der Waals surface area contributed by atoms with Gasteiger partial charge in [0.2, 0.25) is 0 Å². The van der Waals surface area contributed by atoms with Gasteiger partial charge in [-0.2, -0.15) is 0 Å². The molecule has 2 nitrogen and oxygen atoms in total. The monoisotopic (exact) mass is 219 g/mol. The molecule has 1 N–H and O–H groups in total. The van der Waals surface area contributed by atoms with Gasteiger partial charge in [0, 0.05) is 6.04 Å². The van der Waals surface area contributed by atoms with Crippen LogP contribution in [0.15, 0.2) is 36.9 Å². The van der Waals surface area contributed by atoms with Crippen molar-refractivity contribution in [2.24, 2.45) is 0 Å². The second-order valence-corrected chi connectivity index (χ2v) is 3.84. The van der Waals surface area contributed by atoms with Gasteiger partial charge in [0.1, 0.15) is 5.75 Å². The van der Waals surface area contributed by atoms with E-state index in [2.05, 4.69) is 24.0 Å². The summed E-state index contributed by atoms with van der Waals surface area (Å²) in [4.78, 5) is 0. The third-order valence-electron chi connectivity index (χ3n) is 2.75. The molecular weight excluding hydrogens is 198 g/mol. The smallest absolute Gasteiger partial charge is 0.119 e. The van der Waals surface area contributed by atoms with Crippen LogP contribution >= 0.6 is 0 Å². The van der Waals surface area contributed by atoms with E-state index in [9.17, 15) is 0 Å². The Morgan fingerprint density at radius 3 is 2.94 bits per heavy atom. The molecule has 0 saturated heterocycles. The van der Waals surface area contributed by atoms with Crippen molar-refractivity contribution < 1.29 is 4.74 Å². The quantitative estimate of drug-likeness (QED) is 0.561. The second-order valence-electron chi connectivity index (χ2n) is 3.84. The summed E-state index contributed by atoms with van der Waals surface area (Å²) in [6.07, 6.45) is 5.32. The van der Waals surface area contributed by atoms with Gasteiger partial charge in [0.25, 0.3) is 0 Å². The summed E-state index contributed by atoms with van der Waals surface area (Å²) in [5.74, 6) is 0.918. The highest BCUT2D eigenvalue weighted by Gasteiger charge is 2.08. The van der Waals surface area contributed by atoms with Gasteiger partial charge < -0.3 is 10.1 Å². The first-order valence-electron chi connectivity index (χ1n) is 5.74. The largest absolute Gasteiger partial charge is 0.497 e. The molecule has 16 heavy (non-hydrogen) atoms. The fraction of sp³-hybridized carbons (Fsp3) is 0.429. The number of benzene rings is 1. The maximum atomic E-state index is 5.23. The van der Waals surface area contributed by atoms with E-state index >= 15 is 0 Å². The van der Waals surface area contributed by atoms with Gasteiger partial charge in [-0.05, 0) is 44.0 Å². The minimum Gasteiger partial charge on any atom is -0.497 e. The van der Waals surface area contributed by atoms with Crippen molar-refractivity contribution in [2.45, 2.75) is 25.3 Å². The highest BCUT2D eigenvalue weighted by Crippen LogP contribution is 2.22. The molecular formula is C14H21NO. The standard InChI is InChI=1S/C14H21NO/c1-4-5-6-10-14(15-2)12-8-7-9-13(11-12)16-3/h4,7-9,11,14-15H,1,5-6,10H2,2-3H3. The highest BCUT2D eigenvalue weighted by molar-refractivity contribution is 5.30. The van der Waals surface area contributed by atoms with Gasteiger partial charge in [-0.3, -0.25) is 0 Å². The Morgan fingerprint density at radius 2 is 2.31 bits per heavy atom. The normalized spacial score (nSPS) is 12.1. The topological polar surface area (TPSA) is 21.3 Å². The predicted octanol–water partition coefficient (Wildman–Crippen LogP) is 3.31.